The van der Waals surface area contributed by atoms with E-state index in [1.807, 2.05) is 0 Å². The first-order valence-corrected chi connectivity index (χ1v) is 25.1. The number of rotatable bonds is 19. The molecule has 0 unspecified atom stereocenters. The number of nitrogens with zero attached hydrogens (tertiary/aromatic N) is 28. The molecule has 0 radical (unpaired) electrons. The van der Waals surface area contributed by atoms with E-state index >= 15 is 0 Å². The van der Waals surface area contributed by atoms with E-state index < -0.39 is 22.8 Å². The van der Waals surface area contributed by atoms with Crippen LogP contribution in [0.5, 0.6) is 29.4 Å². The molecule has 0 saturated carbocycles. The third-order valence-electron chi connectivity index (χ3n) is 11.6. The zero-order valence-electron chi connectivity index (χ0n) is 50.8. The second kappa shape index (κ2) is 27.8. The van der Waals surface area contributed by atoms with Gasteiger partial charge >= 0.3 is 22.8 Å². The highest BCUT2D eigenvalue weighted by molar-refractivity contribution is 5.53. The van der Waals surface area contributed by atoms with Crippen LogP contribution in [0.1, 0.15) is 46.3 Å². The molecule has 41 heteroatoms. The molecule has 0 saturated heterocycles. The Morgan fingerprint density at radius 3 is 1.23 bits per heavy atom. The second-order valence-electron chi connectivity index (χ2n) is 17.1. The van der Waals surface area contributed by atoms with Crippen LogP contribution in [0.2, 0.25) is 5.65 Å². The van der Waals surface area contributed by atoms with E-state index in [1.54, 1.807) is 26.0 Å². The predicted molar refractivity (Wildman–Crippen MR) is 294 cm³/mol. The Morgan fingerprint density at radius 1 is 0.500 bits per heavy atom. The van der Waals surface area contributed by atoms with E-state index in [9.17, 15) is 19.2 Å². The Bertz CT molecular complexity index is 4830. The molecule has 12 aromatic rings. The maximum atomic E-state index is 12.1. The number of aromatic amines is 4. The van der Waals surface area contributed by atoms with Crippen LogP contribution >= 0.6 is 0 Å². The minimum absolute atomic E-state index is 0.000213. The molecule has 12 heterocycles. The highest BCUT2D eigenvalue weighted by atomic mass is 16.5. The largest absolute Gasteiger partial charge is 0.477 e. The molecule has 0 atom stereocenters. The number of ether oxygens (including phenoxy) is 5. The van der Waals surface area contributed by atoms with Crippen molar-refractivity contribution in [3.05, 3.63) is 162 Å². The van der Waals surface area contributed by atoms with Gasteiger partial charge in [0.25, 0.3) is 0 Å². The highest BCUT2D eigenvalue weighted by Gasteiger charge is 2.21. The number of aromatic nitrogens is 32. The molecule has 450 valence electrons. The van der Waals surface area contributed by atoms with Crippen molar-refractivity contribution >= 4 is 6.08 Å². The summed E-state index contributed by atoms with van der Waals surface area (Å²) >= 11 is 0. The standard InChI is InChI=1S/C12H14N8O3.C12H12N8O2.C12H10N8O2.C11H12N8O2/c1-3-22-11-8(7-23-10-4-5-13-15-10)9(6-14-16-11)20-12(21)19(2)17-18-20;2*1-3-9-8(7-22-11-4-5-13-16-11)10(6-14-15-9)20-12(21)19(2)17-18-20;1-7-8(6-21-10-3-4-12-15-10)9(5-13-14-7)19-11(20)18(2)16-17-19/h4-6H,3,7H2,1-2H3,(H,13,15);3-6H,1,7H2,2H3,(H,13,16);1,4-6H,7H2,2H3,(H,13,16);3-5H,6H2,1-2H3,(H,12,15)/i/hT4. The number of hydrogen-bond acceptors (Lipinski definition) is 29. The minimum Gasteiger partial charge on any atom is -0.477 e. The van der Waals surface area contributed by atoms with E-state index in [2.05, 4.69) is 115 Å². The Kier molecular flexibility index (Phi) is 17.1. The van der Waals surface area contributed by atoms with Gasteiger partial charge in [0, 0.05) is 88.4 Å². The first-order chi connectivity index (χ1) is 44.3. The fourth-order valence-corrected chi connectivity index (χ4v) is 7.20. The van der Waals surface area contributed by atoms with Crippen molar-refractivity contribution in [2.24, 2.45) is 28.2 Å². The molecular formula is C47H48N32O9. The summed E-state index contributed by atoms with van der Waals surface area (Å²) < 4.78 is 65.5. The summed E-state index contributed by atoms with van der Waals surface area (Å²) in [6.45, 7) is 7.72. The Labute approximate surface area is 496 Å². The van der Waals surface area contributed by atoms with Crippen molar-refractivity contribution < 1.29 is 29.3 Å². The Hall–Kier alpha value is -13.1. The van der Waals surface area contributed by atoms with Gasteiger partial charge in [0.15, 0.2) is 5.65 Å². The first kappa shape index (κ1) is 54.2. The second-order valence-corrected chi connectivity index (χ2v) is 17.1. The number of aryl methyl sites for hydroxylation is 5. The van der Waals surface area contributed by atoms with Crippen LogP contribution in [0.25, 0.3) is 28.8 Å². The molecule has 41 nitrogen and oxygen atoms in total. The molecule has 0 bridgehead atoms. The van der Waals surface area contributed by atoms with Gasteiger partial charge in [-0.2, -0.15) is 68.0 Å². The smallest absolute Gasteiger partial charge is 0.368 e. The summed E-state index contributed by atoms with van der Waals surface area (Å²) in [6.07, 6.45) is 18.2. The Balaban J connectivity index is 0.000000145. The van der Waals surface area contributed by atoms with Crippen LogP contribution in [-0.2, 0) is 54.6 Å². The topological polar surface area (TPSA) is 475 Å². The lowest BCUT2D eigenvalue weighted by Crippen LogP contribution is -2.24. The summed E-state index contributed by atoms with van der Waals surface area (Å²) in [4.78, 5) is 48.1. The highest BCUT2D eigenvalue weighted by Crippen LogP contribution is 2.24. The van der Waals surface area contributed by atoms with Crippen LogP contribution in [-0.4, -0.2) is 167 Å². The number of terminal acetylenes is 1. The summed E-state index contributed by atoms with van der Waals surface area (Å²) in [6, 6.07) is 6.16. The van der Waals surface area contributed by atoms with Crippen LogP contribution in [0.3, 0.4) is 0 Å². The molecule has 0 fully saturated rings. The van der Waals surface area contributed by atoms with Crippen molar-refractivity contribution in [3.63, 3.8) is 0 Å². The monoisotopic (exact) mass is 1210 g/mol. The molecule has 0 spiro atoms. The van der Waals surface area contributed by atoms with Crippen LogP contribution in [0, 0.1) is 19.3 Å². The maximum Gasteiger partial charge on any atom is 0.368 e. The number of H-pyrrole nitrogens is 4. The van der Waals surface area contributed by atoms with Gasteiger partial charge in [0.2, 0.25) is 29.4 Å². The first-order valence-electron chi connectivity index (χ1n) is 26.9. The average Bonchev–Trinajstić information content (AvgIpc) is 1.75. The lowest BCUT2D eigenvalue weighted by molar-refractivity contribution is 0.270. The summed E-state index contributed by atoms with van der Waals surface area (Å²) in [5.41, 5.74) is 3.11. The van der Waals surface area contributed by atoms with Gasteiger partial charge in [0.1, 0.15) is 54.9 Å². The van der Waals surface area contributed by atoms with Crippen LogP contribution in [0.15, 0.2) is 99.6 Å². The summed E-state index contributed by atoms with van der Waals surface area (Å²) in [5, 5.41) is 79.4. The molecule has 0 aliphatic heterocycles. The zero-order chi connectivity index (χ0) is 65.6. The fraction of sp³-hybridized carbons (Fsp3) is 0.234. The number of hydrogen-bond donors (Lipinski definition) is 4. The van der Waals surface area contributed by atoms with Crippen LogP contribution in [0.4, 0.5) is 0 Å². The van der Waals surface area contributed by atoms with Gasteiger partial charge in [-0.05, 0) is 67.6 Å². The minimum atomic E-state index is -0.461. The predicted octanol–water partition coefficient (Wildman–Crippen LogP) is -2.44. The molecule has 0 aromatic carbocycles. The molecule has 4 N–H and O–H groups in total. The van der Waals surface area contributed by atoms with Gasteiger partial charge < -0.3 is 23.7 Å². The van der Waals surface area contributed by atoms with Crippen molar-refractivity contribution in [1.82, 2.24) is 161 Å². The van der Waals surface area contributed by atoms with Gasteiger partial charge in [-0.3, -0.25) is 20.4 Å². The fourth-order valence-electron chi connectivity index (χ4n) is 7.20. The van der Waals surface area contributed by atoms with E-state index in [1.165, 1.54) is 96.0 Å². The quantitative estimate of drug-likeness (QED) is 0.0611. The third kappa shape index (κ3) is 13.7. The molecule has 88 heavy (non-hydrogen) atoms. The van der Waals surface area contributed by atoms with E-state index in [0.717, 1.165) is 57.8 Å². The lowest BCUT2D eigenvalue weighted by Gasteiger charge is -2.12. The molecule has 12 aromatic heterocycles. The van der Waals surface area contributed by atoms with Gasteiger partial charge in [-0.15, -0.1) is 37.0 Å². The van der Waals surface area contributed by atoms with Crippen LogP contribution < -0.4 is 46.4 Å². The SMILES string of the molecule is [3H]n1ccc(OCc2c(-n3nnn(C)c3=O)cnnc2C#C)n1.[3H]n1ccc(OCc2c(-n3nnn(C)c3=O)cnnc2C)n1.[3H]n1ccc(OCc2c(-n3nnn(C)c3=O)cnnc2C=C)n1.[3H]n1ccc(OCc2c(-n3nnn(C)c3=O)cnnc2OCC)n1. The maximum absolute atomic E-state index is 12.1. The zero-order valence-corrected chi connectivity index (χ0v) is 46.8. The van der Waals surface area contributed by atoms with Crippen molar-refractivity contribution in [2.75, 3.05) is 6.61 Å². The van der Waals surface area contributed by atoms with E-state index in [0.29, 0.717) is 68.9 Å². The van der Waals surface area contributed by atoms with E-state index in [-0.39, 0.29) is 55.6 Å². The average molecular weight is 1210 g/mol. The number of nitrogens with one attached hydrogen (secondary N) is 4. The van der Waals surface area contributed by atoms with Crippen molar-refractivity contribution in [3.8, 4) is 64.5 Å². The Morgan fingerprint density at radius 2 is 0.852 bits per heavy atom. The van der Waals surface area contributed by atoms with Gasteiger partial charge in [-0.1, -0.05) is 6.58 Å². The van der Waals surface area contributed by atoms with Crippen molar-refractivity contribution in [2.45, 2.75) is 40.3 Å². The summed E-state index contributed by atoms with van der Waals surface area (Å²) in [7, 11) is 5.96. The normalized spacial score (nSPS) is 11.2. The molecular weight excluding hydrogens is 1160 g/mol. The van der Waals surface area contributed by atoms with Gasteiger partial charge in [-0.25, -0.2) is 19.2 Å². The van der Waals surface area contributed by atoms with Crippen molar-refractivity contribution in [1.29, 1.82) is 0 Å². The van der Waals surface area contributed by atoms with E-state index in [4.69, 9.17) is 35.8 Å². The number of tetrazole rings is 4. The third-order valence-corrected chi connectivity index (χ3v) is 11.6. The lowest BCUT2D eigenvalue weighted by atomic mass is 10.2. The molecule has 0 aliphatic rings. The molecule has 0 aliphatic carbocycles. The summed E-state index contributed by atoms with van der Waals surface area (Å²) in [5.74, 6) is 3.66. The van der Waals surface area contributed by atoms with Gasteiger partial charge in [0.05, 0.1) is 53.9 Å². The molecule has 0 amide bonds. The molecule has 12 rings (SSSR count).